The van der Waals surface area contributed by atoms with Gasteiger partial charge in [-0.2, -0.15) is 0 Å². The lowest BCUT2D eigenvalue weighted by Gasteiger charge is -2.12. The minimum absolute atomic E-state index is 0.0837. The summed E-state index contributed by atoms with van der Waals surface area (Å²) in [6, 6.07) is 5.59. The molecule has 1 nitrogen and oxygen atoms in total. The summed E-state index contributed by atoms with van der Waals surface area (Å²) in [6.07, 6.45) is 4.41. The summed E-state index contributed by atoms with van der Waals surface area (Å²) in [6.45, 7) is 3.67. The molecule has 0 fully saturated rings. The highest BCUT2D eigenvalue weighted by Gasteiger charge is 2.09. The Hall–Kier alpha value is -0.500. The molecule has 0 saturated carbocycles. The predicted octanol–water partition coefficient (Wildman–Crippen LogP) is 3.83. The average Bonchev–Trinajstić information content (AvgIpc) is 2.21. The maximum atomic E-state index is 6.05. The number of rotatable bonds is 5. The summed E-state index contributed by atoms with van der Waals surface area (Å²) in [5, 5.41) is 1.38. The summed E-state index contributed by atoms with van der Waals surface area (Å²) in [7, 11) is 0. The molecule has 2 N–H and O–H groups in total. The van der Waals surface area contributed by atoms with Crippen LogP contribution < -0.4 is 5.73 Å². The third-order valence-corrected chi connectivity index (χ3v) is 2.98. The Morgan fingerprint density at radius 2 is 1.93 bits per heavy atom. The van der Waals surface area contributed by atoms with Gasteiger partial charge >= 0.3 is 0 Å². The van der Waals surface area contributed by atoms with E-state index in [-0.39, 0.29) is 6.04 Å². The second-order valence-corrected chi connectivity index (χ2v) is 4.34. The summed E-state index contributed by atoms with van der Waals surface area (Å²) in [5.74, 6) is 0. The van der Waals surface area contributed by atoms with E-state index in [4.69, 9.17) is 28.9 Å². The molecule has 0 radical (unpaired) electrons. The van der Waals surface area contributed by atoms with Crippen molar-refractivity contribution in [1.29, 1.82) is 0 Å². The second-order valence-electron chi connectivity index (χ2n) is 3.53. The van der Waals surface area contributed by atoms with Crippen LogP contribution in [-0.4, -0.2) is 6.04 Å². The summed E-state index contributed by atoms with van der Waals surface area (Å²) in [4.78, 5) is 0. The van der Waals surface area contributed by atoms with Crippen LogP contribution >= 0.6 is 23.2 Å². The summed E-state index contributed by atoms with van der Waals surface area (Å²) < 4.78 is 0. The fourth-order valence-corrected chi connectivity index (χ4v) is 1.98. The minimum atomic E-state index is 0.0837. The molecule has 0 spiro atoms. The molecule has 0 bridgehead atoms. The molecule has 1 unspecified atom stereocenters. The van der Waals surface area contributed by atoms with Gasteiger partial charge in [-0.25, -0.2) is 0 Å². The molecule has 1 atom stereocenters. The van der Waals surface area contributed by atoms with Crippen molar-refractivity contribution in [2.24, 2.45) is 5.73 Å². The number of hydrogen-bond donors (Lipinski definition) is 1. The van der Waals surface area contributed by atoms with Crippen molar-refractivity contribution >= 4 is 23.2 Å². The van der Waals surface area contributed by atoms with Crippen LogP contribution in [0.25, 0.3) is 0 Å². The topological polar surface area (TPSA) is 26.0 Å². The van der Waals surface area contributed by atoms with Crippen molar-refractivity contribution in [2.45, 2.75) is 25.3 Å². The zero-order valence-electron chi connectivity index (χ0n) is 8.55. The molecule has 0 aliphatic heterocycles. The first-order chi connectivity index (χ1) is 7.15. The number of nitrogens with two attached hydrogens (primary N) is 1. The highest BCUT2D eigenvalue weighted by Crippen LogP contribution is 2.25. The Balaban J connectivity index is 2.67. The lowest BCUT2D eigenvalue weighted by atomic mass is 10.0. The minimum Gasteiger partial charge on any atom is -0.327 e. The SMILES string of the molecule is C=CCCC(N)Cc1c(Cl)cccc1Cl. The molecule has 0 saturated heterocycles. The number of allylic oxidation sites excluding steroid dienone is 1. The Kier molecular flexibility index (Phi) is 5.16. The zero-order chi connectivity index (χ0) is 11.3. The Morgan fingerprint density at radius 1 is 1.33 bits per heavy atom. The van der Waals surface area contributed by atoms with Crippen molar-refractivity contribution in [3.8, 4) is 0 Å². The van der Waals surface area contributed by atoms with Crippen molar-refractivity contribution in [1.82, 2.24) is 0 Å². The Labute approximate surface area is 101 Å². The second kappa shape index (κ2) is 6.16. The number of benzene rings is 1. The van der Waals surface area contributed by atoms with Crippen LogP contribution in [0.3, 0.4) is 0 Å². The van der Waals surface area contributed by atoms with E-state index < -0.39 is 0 Å². The lowest BCUT2D eigenvalue weighted by molar-refractivity contribution is 0.618. The van der Waals surface area contributed by atoms with Gasteiger partial charge in [0, 0.05) is 16.1 Å². The van der Waals surface area contributed by atoms with E-state index in [1.54, 1.807) is 0 Å². The largest absolute Gasteiger partial charge is 0.327 e. The first-order valence-corrected chi connectivity index (χ1v) is 5.70. The lowest BCUT2D eigenvalue weighted by Crippen LogP contribution is -2.22. The molecule has 1 aromatic rings. The van der Waals surface area contributed by atoms with E-state index in [2.05, 4.69) is 6.58 Å². The van der Waals surface area contributed by atoms with Crippen LogP contribution in [0.1, 0.15) is 18.4 Å². The van der Waals surface area contributed by atoms with Crippen molar-refractivity contribution in [3.05, 3.63) is 46.5 Å². The fourth-order valence-electron chi connectivity index (χ4n) is 1.42. The molecule has 0 amide bonds. The van der Waals surface area contributed by atoms with Crippen molar-refractivity contribution in [3.63, 3.8) is 0 Å². The van der Waals surface area contributed by atoms with E-state index in [9.17, 15) is 0 Å². The van der Waals surface area contributed by atoms with E-state index in [1.165, 1.54) is 0 Å². The molecule has 0 aliphatic carbocycles. The molecule has 0 aromatic heterocycles. The van der Waals surface area contributed by atoms with Gasteiger partial charge in [-0.05, 0) is 37.0 Å². The maximum absolute atomic E-state index is 6.05. The first kappa shape index (κ1) is 12.6. The van der Waals surface area contributed by atoms with Gasteiger partial charge in [-0.15, -0.1) is 6.58 Å². The van der Waals surface area contributed by atoms with E-state index >= 15 is 0 Å². The molecule has 0 heterocycles. The number of halogens is 2. The quantitative estimate of drug-likeness (QED) is 0.782. The zero-order valence-corrected chi connectivity index (χ0v) is 10.1. The van der Waals surface area contributed by atoms with Gasteiger partial charge in [0.15, 0.2) is 0 Å². The third kappa shape index (κ3) is 3.86. The van der Waals surface area contributed by atoms with Crippen LogP contribution in [0, 0.1) is 0 Å². The first-order valence-electron chi connectivity index (χ1n) is 4.94. The van der Waals surface area contributed by atoms with E-state index in [0.717, 1.165) is 18.4 Å². The van der Waals surface area contributed by atoms with Crippen molar-refractivity contribution in [2.75, 3.05) is 0 Å². The normalized spacial score (nSPS) is 12.5. The van der Waals surface area contributed by atoms with Gasteiger partial charge in [0.25, 0.3) is 0 Å². The monoisotopic (exact) mass is 243 g/mol. The van der Waals surface area contributed by atoms with Crippen LogP contribution in [-0.2, 0) is 6.42 Å². The van der Waals surface area contributed by atoms with Crippen LogP contribution in [0.4, 0.5) is 0 Å². The van der Waals surface area contributed by atoms with E-state index in [0.29, 0.717) is 16.5 Å². The van der Waals surface area contributed by atoms with Gasteiger partial charge < -0.3 is 5.73 Å². The number of hydrogen-bond acceptors (Lipinski definition) is 1. The van der Waals surface area contributed by atoms with Crippen LogP contribution in [0.5, 0.6) is 0 Å². The smallest absolute Gasteiger partial charge is 0.0453 e. The van der Waals surface area contributed by atoms with Gasteiger partial charge in [0.05, 0.1) is 0 Å². The Morgan fingerprint density at radius 3 is 2.47 bits per heavy atom. The fraction of sp³-hybridized carbons (Fsp3) is 0.333. The molecule has 15 heavy (non-hydrogen) atoms. The Bertz CT molecular complexity index is 316. The van der Waals surface area contributed by atoms with E-state index in [1.807, 2.05) is 24.3 Å². The summed E-state index contributed by atoms with van der Waals surface area (Å²) >= 11 is 12.1. The highest BCUT2D eigenvalue weighted by molar-refractivity contribution is 6.35. The van der Waals surface area contributed by atoms with Gasteiger partial charge in [-0.3, -0.25) is 0 Å². The molecule has 1 rings (SSSR count). The average molecular weight is 244 g/mol. The molecular weight excluding hydrogens is 229 g/mol. The maximum Gasteiger partial charge on any atom is 0.0453 e. The highest BCUT2D eigenvalue weighted by atomic mass is 35.5. The molecule has 82 valence electrons. The predicted molar refractivity (Wildman–Crippen MR) is 67.6 cm³/mol. The van der Waals surface area contributed by atoms with Crippen LogP contribution in [0.2, 0.25) is 10.0 Å². The van der Waals surface area contributed by atoms with Crippen LogP contribution in [0.15, 0.2) is 30.9 Å². The molecule has 0 aliphatic rings. The standard InChI is InChI=1S/C12H15Cl2N/c1-2-3-5-9(15)8-10-11(13)6-4-7-12(10)14/h2,4,6-7,9H,1,3,5,8,15H2. The van der Waals surface area contributed by atoms with Gasteiger partial charge in [-0.1, -0.05) is 35.3 Å². The van der Waals surface area contributed by atoms with Gasteiger partial charge in [0.1, 0.15) is 0 Å². The third-order valence-electron chi connectivity index (χ3n) is 2.27. The molecular formula is C12H15Cl2N. The molecule has 3 heteroatoms. The summed E-state index contributed by atoms with van der Waals surface area (Å²) in [5.41, 5.74) is 6.91. The van der Waals surface area contributed by atoms with Crippen molar-refractivity contribution < 1.29 is 0 Å². The van der Waals surface area contributed by atoms with Gasteiger partial charge in [0.2, 0.25) is 0 Å². The molecule has 1 aromatic carbocycles.